The molecule has 1 saturated heterocycles. The van der Waals surface area contributed by atoms with E-state index in [1.807, 2.05) is 12.1 Å². The highest BCUT2D eigenvalue weighted by Gasteiger charge is 2.45. The number of amides is 2. The lowest BCUT2D eigenvalue weighted by Crippen LogP contribution is -2.54. The number of rotatable bonds is 7. The SMILES string of the molecule is N#Cc1cc(F)cc(N(C(=O)[C@@H]2CCC(O)N2c2nccc(C#N)n2)[C@H](C(=O)NC2CCC(F)(F)CC2)c2ccccc2Cl)c1. The normalized spacial score (nSPS) is 20.1. The molecule has 5 rings (SSSR count). The van der Waals surface area contributed by atoms with E-state index in [1.54, 1.807) is 12.1 Å². The molecule has 2 N–H and O–H groups in total. The number of hydrogen-bond donors (Lipinski definition) is 2. The van der Waals surface area contributed by atoms with Gasteiger partial charge in [0.1, 0.15) is 35.9 Å². The number of carbonyl (C=O) groups excluding carboxylic acids is 2. The van der Waals surface area contributed by atoms with E-state index in [0.717, 1.165) is 17.0 Å². The van der Waals surface area contributed by atoms with Crippen LogP contribution in [0.15, 0.2) is 54.7 Å². The van der Waals surface area contributed by atoms with Crippen LogP contribution in [0.4, 0.5) is 24.8 Å². The Kier molecular flexibility index (Phi) is 9.23. The van der Waals surface area contributed by atoms with E-state index in [9.17, 15) is 38.4 Å². The van der Waals surface area contributed by atoms with Gasteiger partial charge in [-0.1, -0.05) is 29.8 Å². The Bertz CT molecular complexity index is 1690. The summed E-state index contributed by atoms with van der Waals surface area (Å²) in [5, 5.41) is 32.7. The number of anilines is 2. The maximum atomic E-state index is 14.9. The molecule has 232 valence electrons. The molecule has 0 bridgehead atoms. The molecule has 1 aromatic heterocycles. The zero-order valence-corrected chi connectivity index (χ0v) is 24.5. The fraction of sp³-hybridized carbons (Fsp3) is 0.355. The number of aromatic nitrogens is 2. The lowest BCUT2D eigenvalue weighted by molar-refractivity contribution is -0.128. The molecule has 2 fully saturated rings. The highest BCUT2D eigenvalue weighted by molar-refractivity contribution is 6.31. The van der Waals surface area contributed by atoms with Gasteiger partial charge in [-0.05, 0) is 56.0 Å². The first-order valence-electron chi connectivity index (χ1n) is 14.2. The Morgan fingerprint density at radius 1 is 1.09 bits per heavy atom. The highest BCUT2D eigenvalue weighted by atomic mass is 35.5. The molecule has 2 aromatic carbocycles. The molecule has 1 saturated carbocycles. The smallest absolute Gasteiger partial charge is 0.250 e. The average molecular weight is 638 g/mol. The lowest BCUT2D eigenvalue weighted by atomic mass is 9.91. The number of nitrogens with one attached hydrogen (secondary N) is 1. The fourth-order valence-corrected chi connectivity index (χ4v) is 5.98. The minimum atomic E-state index is -2.85. The number of aliphatic hydroxyl groups is 1. The summed E-state index contributed by atoms with van der Waals surface area (Å²) in [6.45, 7) is 0. The molecule has 2 aliphatic rings. The first kappa shape index (κ1) is 31.7. The van der Waals surface area contributed by atoms with Crippen molar-refractivity contribution in [1.82, 2.24) is 15.3 Å². The monoisotopic (exact) mass is 637 g/mol. The summed E-state index contributed by atoms with van der Waals surface area (Å²) in [6, 6.07) is 11.1. The molecular formula is C31H27ClF3N7O3. The van der Waals surface area contributed by atoms with Crippen LogP contribution in [0.2, 0.25) is 5.02 Å². The standard InChI is InChI=1S/C31H27ClF3N7O3/c32-24-4-2-1-3-23(24)27(28(44)39-20-7-10-31(34,35)11-8-20)41(22-14-18(16-36)13-19(33)15-22)29(45)25-5-6-26(43)42(25)30-38-12-9-21(17-37)40-30/h1-4,9,12-15,20,25-27,43H,5-8,10-11H2,(H,39,44)/t25-,26?,27-/m0/s1. The van der Waals surface area contributed by atoms with Crippen molar-refractivity contribution in [2.75, 3.05) is 9.80 Å². The van der Waals surface area contributed by atoms with Crippen LogP contribution in [0.1, 0.15) is 61.4 Å². The maximum Gasteiger partial charge on any atom is 0.250 e. The van der Waals surface area contributed by atoms with Gasteiger partial charge in [0, 0.05) is 41.4 Å². The molecule has 0 spiro atoms. The van der Waals surface area contributed by atoms with Gasteiger partial charge in [-0.25, -0.2) is 23.1 Å². The van der Waals surface area contributed by atoms with Crippen LogP contribution in [0.25, 0.3) is 0 Å². The topological polar surface area (TPSA) is 146 Å². The third-order valence-corrected chi connectivity index (χ3v) is 8.27. The van der Waals surface area contributed by atoms with Crippen LogP contribution >= 0.6 is 11.6 Å². The molecule has 3 aromatic rings. The van der Waals surface area contributed by atoms with Gasteiger partial charge in [0.25, 0.3) is 5.91 Å². The molecule has 10 nitrogen and oxygen atoms in total. The van der Waals surface area contributed by atoms with E-state index < -0.39 is 60.7 Å². The second-order valence-electron chi connectivity index (χ2n) is 10.9. The van der Waals surface area contributed by atoms with Crippen molar-refractivity contribution in [2.45, 2.75) is 68.8 Å². The molecule has 0 radical (unpaired) electrons. The summed E-state index contributed by atoms with van der Waals surface area (Å²) < 4.78 is 42.7. The number of nitriles is 2. The summed E-state index contributed by atoms with van der Waals surface area (Å²) >= 11 is 6.57. The number of alkyl halides is 2. The molecular weight excluding hydrogens is 611 g/mol. The van der Waals surface area contributed by atoms with E-state index in [1.165, 1.54) is 35.4 Å². The van der Waals surface area contributed by atoms with Gasteiger partial charge >= 0.3 is 0 Å². The molecule has 3 atom stereocenters. The van der Waals surface area contributed by atoms with Gasteiger partial charge in [0.15, 0.2) is 0 Å². The van der Waals surface area contributed by atoms with Gasteiger partial charge in [0.05, 0.1) is 11.6 Å². The van der Waals surface area contributed by atoms with E-state index in [2.05, 4.69) is 15.3 Å². The number of halogens is 4. The molecule has 1 aliphatic heterocycles. The first-order valence-corrected chi connectivity index (χ1v) is 14.5. The van der Waals surface area contributed by atoms with Crippen molar-refractivity contribution in [3.8, 4) is 12.1 Å². The van der Waals surface area contributed by atoms with Crippen LogP contribution in [0.5, 0.6) is 0 Å². The van der Waals surface area contributed by atoms with Crippen molar-refractivity contribution in [2.24, 2.45) is 0 Å². The van der Waals surface area contributed by atoms with Crippen molar-refractivity contribution in [3.05, 3.63) is 82.4 Å². The Morgan fingerprint density at radius 3 is 2.51 bits per heavy atom. The van der Waals surface area contributed by atoms with E-state index in [0.29, 0.717) is 0 Å². The van der Waals surface area contributed by atoms with Gasteiger partial charge in [-0.3, -0.25) is 14.5 Å². The predicted molar refractivity (Wildman–Crippen MR) is 156 cm³/mol. The van der Waals surface area contributed by atoms with Gasteiger partial charge in [-0.2, -0.15) is 10.5 Å². The summed E-state index contributed by atoms with van der Waals surface area (Å²) in [7, 11) is 0. The summed E-state index contributed by atoms with van der Waals surface area (Å²) in [6.07, 6.45) is -0.654. The first-order chi connectivity index (χ1) is 21.5. The number of carbonyl (C=O) groups is 2. The van der Waals surface area contributed by atoms with Crippen LogP contribution in [-0.2, 0) is 9.59 Å². The van der Waals surface area contributed by atoms with Crippen LogP contribution in [0.3, 0.4) is 0 Å². The minimum absolute atomic E-state index is 0.00432. The zero-order valence-electron chi connectivity index (χ0n) is 23.7. The van der Waals surface area contributed by atoms with Crippen molar-refractivity contribution < 1.29 is 27.9 Å². The summed E-state index contributed by atoms with van der Waals surface area (Å²) in [5.41, 5.74) is -0.150. The lowest BCUT2D eigenvalue weighted by Gasteiger charge is -2.37. The Labute approximate surface area is 261 Å². The quantitative estimate of drug-likeness (QED) is 0.377. The molecule has 1 unspecified atom stereocenters. The Balaban J connectivity index is 1.63. The predicted octanol–water partition coefficient (Wildman–Crippen LogP) is 4.77. The van der Waals surface area contributed by atoms with E-state index >= 15 is 0 Å². The largest absolute Gasteiger partial charge is 0.373 e. The zero-order chi connectivity index (χ0) is 32.3. The number of aliphatic hydroxyl groups excluding tert-OH is 1. The molecule has 45 heavy (non-hydrogen) atoms. The molecule has 2 amide bonds. The summed E-state index contributed by atoms with van der Waals surface area (Å²) in [5.74, 6) is -5.37. The van der Waals surface area contributed by atoms with Crippen LogP contribution in [-0.4, -0.2) is 51.1 Å². The van der Waals surface area contributed by atoms with E-state index in [4.69, 9.17) is 11.6 Å². The third-order valence-electron chi connectivity index (χ3n) is 7.93. The molecule has 2 heterocycles. The summed E-state index contributed by atoms with van der Waals surface area (Å²) in [4.78, 5) is 39.3. The van der Waals surface area contributed by atoms with Crippen molar-refractivity contribution in [3.63, 3.8) is 0 Å². The Morgan fingerprint density at radius 2 is 1.82 bits per heavy atom. The third kappa shape index (κ3) is 6.85. The number of hydrogen-bond acceptors (Lipinski definition) is 8. The number of benzene rings is 2. The number of nitrogens with zero attached hydrogens (tertiary/aromatic N) is 6. The molecule has 14 heteroatoms. The second-order valence-corrected chi connectivity index (χ2v) is 11.3. The van der Waals surface area contributed by atoms with Crippen molar-refractivity contribution >= 4 is 35.1 Å². The van der Waals surface area contributed by atoms with Crippen molar-refractivity contribution in [1.29, 1.82) is 10.5 Å². The fourth-order valence-electron chi connectivity index (χ4n) is 5.74. The second kappa shape index (κ2) is 13.1. The van der Waals surface area contributed by atoms with Crippen LogP contribution in [0, 0.1) is 28.5 Å². The molecule has 1 aliphatic carbocycles. The van der Waals surface area contributed by atoms with Gasteiger partial charge in [-0.15, -0.1) is 0 Å². The van der Waals surface area contributed by atoms with E-state index in [-0.39, 0.29) is 59.2 Å². The highest BCUT2D eigenvalue weighted by Crippen LogP contribution is 2.38. The van der Waals surface area contributed by atoms with Gasteiger partial charge < -0.3 is 15.3 Å². The maximum absolute atomic E-state index is 14.9. The van der Waals surface area contributed by atoms with Crippen LogP contribution < -0.4 is 15.1 Å². The average Bonchev–Trinajstić information content (AvgIpc) is 3.41. The minimum Gasteiger partial charge on any atom is -0.373 e. The van der Waals surface area contributed by atoms with Gasteiger partial charge in [0.2, 0.25) is 17.8 Å². The Hall–Kier alpha value is -4.72.